The highest BCUT2D eigenvalue weighted by Gasteiger charge is 2.21. The number of nitrogens with zero attached hydrogens (tertiary/aromatic N) is 3. The smallest absolute Gasteiger partial charge is 0.252 e. The zero-order valence-corrected chi connectivity index (χ0v) is 13.8. The van der Waals surface area contributed by atoms with Crippen LogP contribution >= 0.6 is 0 Å². The summed E-state index contributed by atoms with van der Waals surface area (Å²) < 4.78 is 16.8. The Morgan fingerprint density at radius 3 is 3.12 bits per heavy atom. The number of ether oxygens (including phenoxy) is 2. The fourth-order valence-electron chi connectivity index (χ4n) is 2.58. The second-order valence-corrected chi connectivity index (χ2v) is 5.46. The number of benzene rings is 1. The summed E-state index contributed by atoms with van der Waals surface area (Å²) in [5.41, 5.74) is 4.79. The molecule has 2 aromatic rings. The van der Waals surface area contributed by atoms with E-state index >= 15 is 0 Å². The summed E-state index contributed by atoms with van der Waals surface area (Å²) in [6.07, 6.45) is 2.64. The van der Waals surface area contributed by atoms with Crippen LogP contribution in [0.15, 0.2) is 21.7 Å². The van der Waals surface area contributed by atoms with E-state index in [0.717, 1.165) is 29.0 Å². The Labute approximate surface area is 139 Å². The fraction of sp³-hybridized carbons (Fsp3) is 0.353. The molecule has 24 heavy (non-hydrogen) atoms. The topological polar surface area (TPSA) is 92.7 Å². The molecule has 1 unspecified atom stereocenters. The highest BCUT2D eigenvalue weighted by atomic mass is 16.5. The van der Waals surface area contributed by atoms with E-state index in [1.54, 1.807) is 13.1 Å². The van der Waals surface area contributed by atoms with Gasteiger partial charge in [0.15, 0.2) is 5.89 Å². The van der Waals surface area contributed by atoms with E-state index < -0.39 is 0 Å². The summed E-state index contributed by atoms with van der Waals surface area (Å²) in [6.45, 7) is 6.19. The molecule has 0 spiro atoms. The normalized spacial score (nSPS) is 15.8. The minimum Gasteiger partial charge on any atom is -0.493 e. The van der Waals surface area contributed by atoms with Gasteiger partial charge in [-0.3, -0.25) is 0 Å². The number of nitriles is 1. The van der Waals surface area contributed by atoms with Crippen LogP contribution in [-0.2, 0) is 6.42 Å². The van der Waals surface area contributed by atoms with Gasteiger partial charge in [0.2, 0.25) is 5.69 Å². The Morgan fingerprint density at radius 1 is 1.54 bits per heavy atom. The van der Waals surface area contributed by atoms with Gasteiger partial charge in [0.25, 0.3) is 5.88 Å². The Hall–Kier alpha value is -3.01. The Bertz CT molecular complexity index is 820. The highest BCUT2D eigenvalue weighted by Crippen LogP contribution is 2.34. The Morgan fingerprint density at radius 2 is 2.38 bits per heavy atom. The molecular weight excluding hydrogens is 308 g/mol. The molecule has 7 nitrogen and oxygen atoms in total. The second kappa shape index (κ2) is 6.62. The first-order valence-electron chi connectivity index (χ1n) is 7.73. The first-order chi connectivity index (χ1) is 11.6. The minimum absolute atomic E-state index is 0.162. The Kier molecular flexibility index (Phi) is 4.38. The van der Waals surface area contributed by atoms with Crippen LogP contribution in [0.3, 0.4) is 0 Å². The minimum atomic E-state index is 0.162. The number of hydrogen-bond donors (Lipinski definition) is 1. The lowest BCUT2D eigenvalue weighted by atomic mass is 10.1. The zero-order chi connectivity index (χ0) is 17.1. The molecule has 0 amide bonds. The van der Waals surface area contributed by atoms with E-state index in [0.29, 0.717) is 12.5 Å². The number of fused-ring (bicyclic) bond motifs is 1. The molecule has 1 aliphatic heterocycles. The van der Waals surface area contributed by atoms with Crippen molar-refractivity contribution in [2.24, 2.45) is 5.10 Å². The number of nitrogens with one attached hydrogen (secondary N) is 1. The van der Waals surface area contributed by atoms with E-state index in [1.807, 2.05) is 32.0 Å². The molecule has 7 heteroatoms. The van der Waals surface area contributed by atoms with Crippen LogP contribution < -0.4 is 14.9 Å². The second-order valence-electron chi connectivity index (χ2n) is 5.46. The number of anilines is 1. The van der Waals surface area contributed by atoms with Gasteiger partial charge in [-0.05, 0) is 26.0 Å². The van der Waals surface area contributed by atoms with Crippen LogP contribution in [0, 0.1) is 18.3 Å². The Balaban J connectivity index is 1.83. The lowest BCUT2D eigenvalue weighted by molar-refractivity contribution is 0.254. The first-order valence-corrected chi connectivity index (χ1v) is 7.73. The SMILES string of the molecule is CCOc1cc2c(cc1C=NNc1oc(C)nc1C#N)OC(C)C2. The molecule has 1 aromatic heterocycles. The molecular formula is C17H18N4O3. The lowest BCUT2D eigenvalue weighted by Gasteiger charge is -2.09. The van der Waals surface area contributed by atoms with E-state index in [1.165, 1.54) is 0 Å². The number of aromatic nitrogens is 1. The fourth-order valence-corrected chi connectivity index (χ4v) is 2.58. The van der Waals surface area contributed by atoms with Gasteiger partial charge < -0.3 is 13.9 Å². The van der Waals surface area contributed by atoms with Crippen molar-refractivity contribution in [2.45, 2.75) is 33.3 Å². The molecule has 1 atom stereocenters. The molecule has 0 fully saturated rings. The van der Waals surface area contributed by atoms with E-state index in [9.17, 15) is 0 Å². The molecule has 1 aromatic carbocycles. The summed E-state index contributed by atoms with van der Waals surface area (Å²) in [4.78, 5) is 3.95. The standard InChI is InChI=1S/C17H18N4O3/c1-4-22-15-6-12-5-10(2)23-16(12)7-13(15)9-19-21-17-14(8-18)20-11(3)24-17/h6-7,9-10,21H,4-5H2,1-3H3. The maximum atomic E-state index is 8.99. The van der Waals surface area contributed by atoms with E-state index in [2.05, 4.69) is 15.5 Å². The van der Waals surface area contributed by atoms with Gasteiger partial charge in [0.05, 0.1) is 12.8 Å². The first kappa shape index (κ1) is 15.9. The molecule has 1 N–H and O–H groups in total. The molecule has 2 heterocycles. The monoisotopic (exact) mass is 326 g/mol. The lowest BCUT2D eigenvalue weighted by Crippen LogP contribution is -2.05. The van der Waals surface area contributed by atoms with Crippen molar-refractivity contribution >= 4 is 12.1 Å². The third-order valence-electron chi connectivity index (χ3n) is 3.54. The number of rotatable bonds is 5. The van der Waals surface area contributed by atoms with Crippen molar-refractivity contribution < 1.29 is 13.9 Å². The molecule has 0 saturated heterocycles. The maximum Gasteiger partial charge on any atom is 0.252 e. The van der Waals surface area contributed by atoms with Crippen LogP contribution in [0.1, 0.15) is 36.6 Å². The average Bonchev–Trinajstić information content (AvgIpc) is 3.08. The van der Waals surface area contributed by atoms with Gasteiger partial charge in [-0.2, -0.15) is 10.4 Å². The average molecular weight is 326 g/mol. The summed E-state index contributed by atoms with van der Waals surface area (Å²) in [5.74, 6) is 2.21. The number of hydrogen-bond acceptors (Lipinski definition) is 7. The molecule has 0 radical (unpaired) electrons. The van der Waals surface area contributed by atoms with Crippen LogP contribution in [0.2, 0.25) is 0 Å². The molecule has 124 valence electrons. The predicted molar refractivity (Wildman–Crippen MR) is 88.6 cm³/mol. The summed E-state index contributed by atoms with van der Waals surface area (Å²) in [5, 5.41) is 13.1. The van der Waals surface area contributed by atoms with Crippen LogP contribution in [0.25, 0.3) is 0 Å². The third kappa shape index (κ3) is 3.18. The number of hydrazone groups is 1. The van der Waals surface area contributed by atoms with Crippen molar-refractivity contribution in [1.82, 2.24) is 4.98 Å². The van der Waals surface area contributed by atoms with Crippen LogP contribution in [0.4, 0.5) is 5.88 Å². The highest BCUT2D eigenvalue weighted by molar-refractivity contribution is 5.85. The van der Waals surface area contributed by atoms with Gasteiger partial charge in [0.1, 0.15) is 23.7 Å². The maximum absolute atomic E-state index is 8.99. The van der Waals surface area contributed by atoms with Crippen LogP contribution in [0.5, 0.6) is 11.5 Å². The van der Waals surface area contributed by atoms with Crippen molar-refractivity contribution in [3.63, 3.8) is 0 Å². The molecule has 1 aliphatic rings. The summed E-state index contributed by atoms with van der Waals surface area (Å²) >= 11 is 0. The summed E-state index contributed by atoms with van der Waals surface area (Å²) in [6, 6.07) is 5.85. The van der Waals surface area contributed by atoms with Gasteiger partial charge in [0, 0.05) is 24.5 Å². The van der Waals surface area contributed by atoms with Crippen molar-refractivity contribution in [3.05, 3.63) is 34.8 Å². The number of oxazole rings is 1. The molecule has 3 rings (SSSR count). The van der Waals surface area contributed by atoms with E-state index in [-0.39, 0.29) is 17.7 Å². The van der Waals surface area contributed by atoms with Crippen molar-refractivity contribution in [1.29, 1.82) is 5.26 Å². The van der Waals surface area contributed by atoms with Crippen molar-refractivity contribution in [3.8, 4) is 17.6 Å². The van der Waals surface area contributed by atoms with E-state index in [4.69, 9.17) is 19.2 Å². The van der Waals surface area contributed by atoms with Crippen molar-refractivity contribution in [2.75, 3.05) is 12.0 Å². The van der Waals surface area contributed by atoms with Gasteiger partial charge in [-0.25, -0.2) is 10.4 Å². The van der Waals surface area contributed by atoms with Gasteiger partial charge in [-0.15, -0.1) is 0 Å². The third-order valence-corrected chi connectivity index (χ3v) is 3.54. The zero-order valence-electron chi connectivity index (χ0n) is 13.8. The molecule has 0 aliphatic carbocycles. The largest absolute Gasteiger partial charge is 0.493 e. The predicted octanol–water partition coefficient (Wildman–Crippen LogP) is 3.02. The number of aryl methyl sites for hydroxylation is 1. The summed E-state index contributed by atoms with van der Waals surface area (Å²) in [7, 11) is 0. The molecule has 0 saturated carbocycles. The molecule has 0 bridgehead atoms. The van der Waals surface area contributed by atoms with Crippen LogP contribution in [-0.4, -0.2) is 23.9 Å². The van der Waals surface area contributed by atoms with Gasteiger partial charge in [-0.1, -0.05) is 0 Å². The van der Waals surface area contributed by atoms with Gasteiger partial charge >= 0.3 is 0 Å². The quantitative estimate of drug-likeness (QED) is 0.670.